The summed E-state index contributed by atoms with van der Waals surface area (Å²) in [4.78, 5) is 24.1. The lowest BCUT2D eigenvalue weighted by molar-refractivity contribution is -0.130. The molecule has 0 atom stereocenters. The van der Waals surface area contributed by atoms with Gasteiger partial charge in [-0.15, -0.1) is 11.3 Å². The number of methoxy groups -OCH3 is 1. The summed E-state index contributed by atoms with van der Waals surface area (Å²) in [6.07, 6.45) is 1.49. The van der Waals surface area contributed by atoms with E-state index < -0.39 is 5.97 Å². The van der Waals surface area contributed by atoms with Gasteiger partial charge in [-0.3, -0.25) is 4.79 Å². The first-order valence-electron chi connectivity index (χ1n) is 6.24. The Labute approximate surface area is 126 Å². The maximum Gasteiger partial charge on any atom is 0.336 e. The Morgan fingerprint density at radius 1 is 1.24 bits per heavy atom. The largest absolute Gasteiger partial charge is 0.478 e. The molecule has 0 saturated heterocycles. The normalized spacial score (nSPS) is 11.4. The summed E-state index contributed by atoms with van der Waals surface area (Å²) < 4.78 is 4.86. The quantitative estimate of drug-likeness (QED) is 0.658. The van der Waals surface area contributed by atoms with Crippen molar-refractivity contribution in [1.29, 1.82) is 0 Å². The van der Waals surface area contributed by atoms with Crippen molar-refractivity contribution >= 4 is 28.7 Å². The molecule has 0 spiro atoms. The lowest BCUT2D eigenvalue weighted by Crippen LogP contribution is -2.01. The third-order valence-corrected chi connectivity index (χ3v) is 3.78. The molecule has 0 unspecified atom stereocenters. The first-order valence-corrected chi connectivity index (χ1v) is 7.12. The van der Waals surface area contributed by atoms with Gasteiger partial charge >= 0.3 is 5.97 Å². The number of benzene rings is 1. The summed E-state index contributed by atoms with van der Waals surface area (Å²) in [5, 5.41) is 10.9. The molecule has 2 rings (SSSR count). The third-order valence-electron chi connectivity index (χ3n) is 2.85. The Balaban J connectivity index is 2.29. The van der Waals surface area contributed by atoms with E-state index >= 15 is 0 Å². The second kappa shape index (κ2) is 6.97. The average Bonchev–Trinajstić information content (AvgIpc) is 2.97. The molecule has 1 aromatic heterocycles. The zero-order valence-electron chi connectivity index (χ0n) is 11.4. The molecule has 108 valence electrons. The van der Waals surface area contributed by atoms with E-state index in [9.17, 15) is 14.7 Å². The monoisotopic (exact) mass is 302 g/mol. The molecule has 1 N–H and O–H groups in total. The zero-order chi connectivity index (χ0) is 15.2. The fourth-order valence-corrected chi connectivity index (χ4v) is 2.69. The average molecular weight is 302 g/mol. The van der Waals surface area contributed by atoms with Crippen LogP contribution in [0.15, 0.2) is 47.9 Å². The number of carboxylic acid groups (broad SMARTS) is 1. The molecule has 0 radical (unpaired) electrons. The van der Waals surface area contributed by atoms with E-state index in [1.54, 1.807) is 35.7 Å². The van der Waals surface area contributed by atoms with Crippen LogP contribution >= 0.6 is 11.3 Å². The molecule has 21 heavy (non-hydrogen) atoms. The topological polar surface area (TPSA) is 63.6 Å². The number of carbonyl (C=O) groups excluding carboxylic acids is 1. The summed E-state index contributed by atoms with van der Waals surface area (Å²) in [7, 11) is 1.49. The number of ether oxygens (including phenoxy) is 1. The summed E-state index contributed by atoms with van der Waals surface area (Å²) in [6.45, 7) is 0.208. The van der Waals surface area contributed by atoms with Gasteiger partial charge in [0.2, 0.25) is 5.78 Å². The number of hydrogen-bond donors (Lipinski definition) is 1. The van der Waals surface area contributed by atoms with E-state index in [2.05, 4.69) is 0 Å². The number of ketones is 1. The van der Waals surface area contributed by atoms with Gasteiger partial charge < -0.3 is 9.84 Å². The third kappa shape index (κ3) is 3.65. The van der Waals surface area contributed by atoms with Crippen molar-refractivity contribution in [3.8, 4) is 0 Å². The highest BCUT2D eigenvalue weighted by atomic mass is 32.1. The fraction of sp³-hybridized carbons (Fsp3) is 0.125. The van der Waals surface area contributed by atoms with Crippen molar-refractivity contribution in [2.45, 2.75) is 0 Å². The van der Waals surface area contributed by atoms with Gasteiger partial charge in [-0.1, -0.05) is 30.3 Å². The van der Waals surface area contributed by atoms with E-state index in [1.807, 2.05) is 6.07 Å². The molecule has 0 fully saturated rings. The molecule has 0 aliphatic carbocycles. The van der Waals surface area contributed by atoms with Gasteiger partial charge in [-0.25, -0.2) is 4.79 Å². The summed E-state index contributed by atoms with van der Waals surface area (Å²) >= 11 is 1.24. The predicted octanol–water partition coefficient (Wildman–Crippen LogP) is 3.09. The van der Waals surface area contributed by atoms with E-state index in [0.29, 0.717) is 16.0 Å². The first-order chi connectivity index (χ1) is 10.1. The molecule has 1 aromatic carbocycles. The molecule has 0 amide bonds. The van der Waals surface area contributed by atoms with Crippen molar-refractivity contribution in [2.24, 2.45) is 0 Å². The number of rotatable bonds is 6. The molecular weight excluding hydrogens is 288 g/mol. The molecule has 0 bridgehead atoms. The lowest BCUT2D eigenvalue weighted by Gasteiger charge is -1.99. The molecule has 4 nitrogen and oxygen atoms in total. The van der Waals surface area contributed by atoms with Crippen molar-refractivity contribution < 1.29 is 19.4 Å². The minimum atomic E-state index is -1.04. The second-order valence-corrected chi connectivity index (χ2v) is 5.18. The molecule has 5 heteroatoms. The summed E-state index contributed by atoms with van der Waals surface area (Å²) in [5.74, 6) is -1.15. The molecule has 2 aromatic rings. The van der Waals surface area contributed by atoms with E-state index in [1.165, 1.54) is 24.5 Å². The maximum atomic E-state index is 12.3. The van der Waals surface area contributed by atoms with Crippen LogP contribution in [-0.4, -0.2) is 30.6 Å². The molecule has 0 aliphatic rings. The van der Waals surface area contributed by atoms with Crippen LogP contribution in [0.3, 0.4) is 0 Å². The zero-order valence-corrected chi connectivity index (χ0v) is 12.2. The Hall–Kier alpha value is -2.24. The minimum Gasteiger partial charge on any atom is -0.478 e. The number of hydrogen-bond acceptors (Lipinski definition) is 4. The van der Waals surface area contributed by atoms with Gasteiger partial charge in [0.25, 0.3) is 0 Å². The standard InChI is InChI=1S/C16H14O4S/c1-20-8-7-13(16(18)19)12-9-14(21-10-12)15(17)11-5-3-2-4-6-11/h2-7,9-10H,8H2,1H3,(H,18,19)/b13-7+. The Kier molecular flexibility index (Phi) is 5.03. The van der Waals surface area contributed by atoms with Crippen molar-refractivity contribution in [1.82, 2.24) is 0 Å². The molecular formula is C16H14O4S. The second-order valence-electron chi connectivity index (χ2n) is 4.27. The van der Waals surface area contributed by atoms with Crippen LogP contribution in [0.1, 0.15) is 20.8 Å². The van der Waals surface area contributed by atoms with Gasteiger partial charge in [-0.2, -0.15) is 0 Å². The van der Waals surface area contributed by atoms with E-state index in [0.717, 1.165) is 0 Å². The Morgan fingerprint density at radius 2 is 1.95 bits per heavy atom. The van der Waals surface area contributed by atoms with E-state index in [4.69, 9.17) is 4.74 Å². The number of carboxylic acids is 1. The van der Waals surface area contributed by atoms with Gasteiger partial charge in [0.05, 0.1) is 17.1 Å². The maximum absolute atomic E-state index is 12.3. The van der Waals surface area contributed by atoms with Crippen LogP contribution < -0.4 is 0 Å². The van der Waals surface area contributed by atoms with E-state index in [-0.39, 0.29) is 18.0 Å². The van der Waals surface area contributed by atoms with Crippen LogP contribution in [-0.2, 0) is 9.53 Å². The number of aliphatic carboxylic acids is 1. The Morgan fingerprint density at radius 3 is 2.57 bits per heavy atom. The first kappa shape index (κ1) is 15.2. The fourth-order valence-electron chi connectivity index (χ4n) is 1.82. The number of carbonyl (C=O) groups is 2. The minimum absolute atomic E-state index is 0.108. The van der Waals surface area contributed by atoms with Gasteiger partial charge in [0.1, 0.15) is 0 Å². The van der Waals surface area contributed by atoms with Crippen LogP contribution in [0.4, 0.5) is 0 Å². The SMILES string of the molecule is COC/C=C(/C(=O)O)c1csc(C(=O)c2ccccc2)c1. The molecule has 0 aliphatic heterocycles. The highest BCUT2D eigenvalue weighted by Gasteiger charge is 2.16. The molecule has 0 saturated carbocycles. The van der Waals surface area contributed by atoms with Gasteiger partial charge in [0, 0.05) is 18.2 Å². The van der Waals surface area contributed by atoms with Crippen molar-refractivity contribution in [2.75, 3.05) is 13.7 Å². The van der Waals surface area contributed by atoms with Gasteiger partial charge in [-0.05, 0) is 17.5 Å². The Bertz CT molecular complexity index is 671. The predicted molar refractivity (Wildman–Crippen MR) is 81.7 cm³/mol. The van der Waals surface area contributed by atoms with Crippen molar-refractivity contribution in [3.05, 3.63) is 63.9 Å². The highest BCUT2D eigenvalue weighted by molar-refractivity contribution is 7.12. The van der Waals surface area contributed by atoms with Crippen molar-refractivity contribution in [3.63, 3.8) is 0 Å². The highest BCUT2D eigenvalue weighted by Crippen LogP contribution is 2.24. The summed E-state index contributed by atoms with van der Waals surface area (Å²) in [5.41, 5.74) is 1.24. The van der Waals surface area contributed by atoms with Crippen LogP contribution in [0, 0.1) is 0 Å². The smallest absolute Gasteiger partial charge is 0.336 e. The van der Waals surface area contributed by atoms with Gasteiger partial charge in [0.15, 0.2) is 0 Å². The van der Waals surface area contributed by atoms with Crippen LogP contribution in [0.2, 0.25) is 0 Å². The molecule has 1 heterocycles. The summed E-state index contributed by atoms with van der Waals surface area (Å²) in [6, 6.07) is 10.5. The van der Waals surface area contributed by atoms with Crippen LogP contribution in [0.25, 0.3) is 5.57 Å². The van der Waals surface area contributed by atoms with Crippen LogP contribution in [0.5, 0.6) is 0 Å². The number of thiophene rings is 1. The lowest BCUT2D eigenvalue weighted by atomic mass is 10.1.